The molecule has 5 nitrogen and oxygen atoms in total. The van der Waals surface area contributed by atoms with Gasteiger partial charge >= 0.3 is 0 Å². The van der Waals surface area contributed by atoms with Crippen LogP contribution in [0.25, 0.3) is 0 Å². The van der Waals surface area contributed by atoms with E-state index in [9.17, 15) is 8.42 Å². The summed E-state index contributed by atoms with van der Waals surface area (Å²) in [5.41, 5.74) is 0.453. The Hall–Kier alpha value is -1.42. The lowest BCUT2D eigenvalue weighted by Gasteiger charge is -2.11. The Morgan fingerprint density at radius 2 is 2.11 bits per heavy atom. The lowest BCUT2D eigenvalue weighted by atomic mass is 10.2. The van der Waals surface area contributed by atoms with E-state index in [1.165, 1.54) is 24.3 Å². The topological polar surface area (TPSA) is 82.0 Å². The number of nitriles is 1. The number of benzene rings is 1. The standard InChI is InChI=1S/C13H17N3O2S/c14-10-11-3-5-13(6-4-11)19(17,18)16-9-7-12-2-1-8-15-12/h3-6,12,15-16H,1-2,7-9H2. The van der Waals surface area contributed by atoms with Gasteiger partial charge in [0.2, 0.25) is 10.0 Å². The molecule has 2 rings (SSSR count). The van der Waals surface area contributed by atoms with Crippen molar-refractivity contribution in [2.45, 2.75) is 30.2 Å². The van der Waals surface area contributed by atoms with Crippen molar-refractivity contribution in [1.82, 2.24) is 10.0 Å². The zero-order valence-electron chi connectivity index (χ0n) is 10.6. The smallest absolute Gasteiger partial charge is 0.240 e. The van der Waals surface area contributed by atoms with E-state index in [4.69, 9.17) is 5.26 Å². The summed E-state index contributed by atoms with van der Waals surface area (Å²) in [4.78, 5) is 0.200. The second-order valence-electron chi connectivity index (χ2n) is 4.62. The number of nitrogens with zero attached hydrogens (tertiary/aromatic N) is 1. The van der Waals surface area contributed by atoms with Gasteiger partial charge in [-0.3, -0.25) is 0 Å². The van der Waals surface area contributed by atoms with Crippen LogP contribution >= 0.6 is 0 Å². The summed E-state index contributed by atoms with van der Waals surface area (Å²) in [6, 6.07) is 8.30. The molecule has 0 saturated carbocycles. The van der Waals surface area contributed by atoms with Gasteiger partial charge in [-0.2, -0.15) is 5.26 Å². The molecule has 0 aliphatic carbocycles. The highest BCUT2D eigenvalue weighted by Gasteiger charge is 2.17. The molecule has 1 saturated heterocycles. The van der Waals surface area contributed by atoms with E-state index in [0.29, 0.717) is 18.2 Å². The van der Waals surface area contributed by atoms with E-state index in [1.54, 1.807) is 0 Å². The average Bonchev–Trinajstić information content (AvgIpc) is 2.92. The maximum absolute atomic E-state index is 12.0. The van der Waals surface area contributed by atoms with Crippen LogP contribution in [-0.2, 0) is 10.0 Å². The lowest BCUT2D eigenvalue weighted by Crippen LogP contribution is -2.30. The molecule has 2 N–H and O–H groups in total. The number of nitrogens with one attached hydrogen (secondary N) is 2. The van der Waals surface area contributed by atoms with Crippen LogP contribution in [0.15, 0.2) is 29.2 Å². The van der Waals surface area contributed by atoms with E-state index in [1.807, 2.05) is 6.07 Å². The Balaban J connectivity index is 1.91. The average molecular weight is 279 g/mol. The molecular weight excluding hydrogens is 262 g/mol. The molecule has 6 heteroatoms. The van der Waals surface area contributed by atoms with Crippen molar-refractivity contribution in [1.29, 1.82) is 5.26 Å². The Kier molecular flexibility index (Phi) is 4.53. The molecule has 1 aliphatic heterocycles. The summed E-state index contributed by atoms with van der Waals surface area (Å²) in [6.07, 6.45) is 3.07. The first-order chi connectivity index (χ1) is 9.12. The molecule has 1 unspecified atom stereocenters. The largest absolute Gasteiger partial charge is 0.314 e. The summed E-state index contributed by atoms with van der Waals surface area (Å²) in [5, 5.41) is 12.0. The van der Waals surface area contributed by atoms with E-state index in [-0.39, 0.29) is 4.90 Å². The van der Waals surface area contributed by atoms with Crippen LogP contribution in [0, 0.1) is 11.3 Å². The second-order valence-corrected chi connectivity index (χ2v) is 6.38. The summed E-state index contributed by atoms with van der Waals surface area (Å²) in [5.74, 6) is 0. The van der Waals surface area contributed by atoms with Gasteiger partial charge in [-0.1, -0.05) is 0 Å². The molecule has 1 atom stereocenters. The number of rotatable bonds is 5. The molecule has 1 aromatic carbocycles. The molecule has 0 radical (unpaired) electrons. The summed E-state index contributed by atoms with van der Waals surface area (Å²) in [6.45, 7) is 1.45. The zero-order chi connectivity index (χ0) is 13.7. The van der Waals surface area contributed by atoms with Crippen LogP contribution in [0.2, 0.25) is 0 Å². The van der Waals surface area contributed by atoms with Crippen molar-refractivity contribution in [3.05, 3.63) is 29.8 Å². The fourth-order valence-corrected chi connectivity index (χ4v) is 3.21. The van der Waals surface area contributed by atoms with Gasteiger partial charge in [-0.05, 0) is 50.1 Å². The zero-order valence-corrected chi connectivity index (χ0v) is 11.4. The molecule has 1 heterocycles. The van der Waals surface area contributed by atoms with E-state index in [2.05, 4.69) is 10.0 Å². The van der Waals surface area contributed by atoms with Crippen LogP contribution in [0.5, 0.6) is 0 Å². The number of sulfonamides is 1. The molecule has 0 amide bonds. The van der Waals surface area contributed by atoms with Crippen LogP contribution in [0.3, 0.4) is 0 Å². The van der Waals surface area contributed by atoms with Crippen molar-refractivity contribution in [2.75, 3.05) is 13.1 Å². The number of hydrogen-bond acceptors (Lipinski definition) is 4. The molecule has 0 bridgehead atoms. The van der Waals surface area contributed by atoms with Crippen molar-refractivity contribution < 1.29 is 8.42 Å². The van der Waals surface area contributed by atoms with Gasteiger partial charge in [0.15, 0.2) is 0 Å². The van der Waals surface area contributed by atoms with Gasteiger partial charge in [0, 0.05) is 12.6 Å². The fourth-order valence-electron chi connectivity index (χ4n) is 2.16. The SMILES string of the molecule is N#Cc1ccc(S(=O)(=O)NCCC2CCCN2)cc1. The third-order valence-corrected chi connectivity index (χ3v) is 4.72. The molecular formula is C13H17N3O2S. The van der Waals surface area contributed by atoms with Crippen LogP contribution in [0.1, 0.15) is 24.8 Å². The molecule has 1 aromatic rings. The van der Waals surface area contributed by atoms with Gasteiger partial charge in [0.25, 0.3) is 0 Å². The van der Waals surface area contributed by atoms with Crippen molar-refractivity contribution in [3.8, 4) is 6.07 Å². The first-order valence-electron chi connectivity index (χ1n) is 6.35. The van der Waals surface area contributed by atoms with Gasteiger partial charge in [0.05, 0.1) is 16.5 Å². The third-order valence-electron chi connectivity index (χ3n) is 3.24. The van der Waals surface area contributed by atoms with E-state index < -0.39 is 10.0 Å². The van der Waals surface area contributed by atoms with E-state index in [0.717, 1.165) is 25.8 Å². The Labute approximate surface area is 113 Å². The first-order valence-corrected chi connectivity index (χ1v) is 7.83. The maximum Gasteiger partial charge on any atom is 0.240 e. The third kappa shape index (κ3) is 3.77. The summed E-state index contributed by atoms with van der Waals surface area (Å²) < 4.78 is 26.6. The van der Waals surface area contributed by atoms with Gasteiger partial charge in [0.1, 0.15) is 0 Å². The van der Waals surface area contributed by atoms with E-state index >= 15 is 0 Å². The van der Waals surface area contributed by atoms with Crippen LogP contribution in [-0.4, -0.2) is 27.5 Å². The fraction of sp³-hybridized carbons (Fsp3) is 0.462. The summed E-state index contributed by atoms with van der Waals surface area (Å²) >= 11 is 0. The van der Waals surface area contributed by atoms with Crippen molar-refractivity contribution >= 4 is 10.0 Å². The monoisotopic (exact) mass is 279 g/mol. The first kappa shape index (κ1) is 14.0. The normalized spacial score (nSPS) is 19.2. The minimum Gasteiger partial charge on any atom is -0.314 e. The second kappa shape index (κ2) is 6.15. The lowest BCUT2D eigenvalue weighted by molar-refractivity contribution is 0.539. The molecule has 1 aliphatic rings. The molecule has 102 valence electrons. The minimum atomic E-state index is -3.46. The Morgan fingerprint density at radius 1 is 1.37 bits per heavy atom. The quantitative estimate of drug-likeness (QED) is 0.841. The Bertz CT molecular complexity index is 555. The molecule has 1 fully saturated rings. The van der Waals surface area contributed by atoms with Crippen LogP contribution in [0.4, 0.5) is 0 Å². The van der Waals surface area contributed by atoms with Gasteiger partial charge < -0.3 is 5.32 Å². The predicted octanol–water partition coefficient (Wildman–Crippen LogP) is 0.979. The minimum absolute atomic E-state index is 0.200. The summed E-state index contributed by atoms with van der Waals surface area (Å²) in [7, 11) is -3.46. The highest BCUT2D eigenvalue weighted by atomic mass is 32.2. The highest BCUT2D eigenvalue weighted by Crippen LogP contribution is 2.11. The van der Waals surface area contributed by atoms with Gasteiger partial charge in [-0.15, -0.1) is 0 Å². The molecule has 19 heavy (non-hydrogen) atoms. The molecule has 0 aromatic heterocycles. The van der Waals surface area contributed by atoms with Crippen molar-refractivity contribution in [3.63, 3.8) is 0 Å². The predicted molar refractivity (Wildman–Crippen MR) is 72.0 cm³/mol. The highest BCUT2D eigenvalue weighted by molar-refractivity contribution is 7.89. The van der Waals surface area contributed by atoms with Crippen molar-refractivity contribution in [2.24, 2.45) is 0 Å². The Morgan fingerprint density at radius 3 is 2.68 bits per heavy atom. The molecule has 0 spiro atoms. The van der Waals surface area contributed by atoms with Crippen LogP contribution < -0.4 is 10.0 Å². The number of hydrogen-bond donors (Lipinski definition) is 2. The van der Waals surface area contributed by atoms with Gasteiger partial charge in [-0.25, -0.2) is 13.1 Å². The maximum atomic E-state index is 12.0.